The molecule has 0 aliphatic heterocycles. The molecule has 0 unspecified atom stereocenters. The summed E-state index contributed by atoms with van der Waals surface area (Å²) in [7, 11) is 0. The highest BCUT2D eigenvalue weighted by Gasteiger charge is 2.12. The summed E-state index contributed by atoms with van der Waals surface area (Å²) in [5.41, 5.74) is 5.54. The number of nitrogens with one attached hydrogen (secondary N) is 2. The van der Waals surface area contributed by atoms with Gasteiger partial charge in [-0.3, -0.25) is 9.59 Å². The van der Waals surface area contributed by atoms with Crippen LogP contribution in [0.25, 0.3) is 0 Å². The fourth-order valence-corrected chi connectivity index (χ4v) is 3.83. The Labute approximate surface area is 232 Å². The van der Waals surface area contributed by atoms with E-state index in [-0.39, 0.29) is 17.2 Å². The van der Waals surface area contributed by atoms with E-state index in [4.69, 9.17) is 16.3 Å². The minimum Gasteiger partial charge on any atom is -0.422 e. The van der Waals surface area contributed by atoms with E-state index in [9.17, 15) is 14.4 Å². The number of carbonyl (C=O) groups is 3. The largest absolute Gasteiger partial charge is 0.422 e. The average Bonchev–Trinajstić information content (AvgIpc) is 2.91. The lowest BCUT2D eigenvalue weighted by Gasteiger charge is -2.09. The molecule has 2 N–H and O–H groups in total. The molecule has 190 valence electrons. The first-order valence-electron chi connectivity index (χ1n) is 11.4. The predicted molar refractivity (Wildman–Crippen MR) is 151 cm³/mol. The van der Waals surface area contributed by atoms with E-state index in [2.05, 4.69) is 31.8 Å². The second kappa shape index (κ2) is 12.3. The van der Waals surface area contributed by atoms with Crippen molar-refractivity contribution in [2.24, 2.45) is 5.10 Å². The molecule has 7 nitrogen and oxygen atoms in total. The summed E-state index contributed by atoms with van der Waals surface area (Å²) < 4.78 is 6.29. The molecule has 0 bridgehead atoms. The van der Waals surface area contributed by atoms with Gasteiger partial charge in [-0.1, -0.05) is 51.3 Å². The van der Waals surface area contributed by atoms with Crippen LogP contribution in [-0.4, -0.2) is 24.0 Å². The maximum atomic E-state index is 12.7. The quantitative estimate of drug-likeness (QED) is 0.109. The second-order valence-electron chi connectivity index (χ2n) is 8.18. The van der Waals surface area contributed by atoms with Gasteiger partial charge in [0.1, 0.15) is 5.75 Å². The lowest BCUT2D eigenvalue weighted by molar-refractivity contribution is 0.0734. The molecular formula is C29H21BrClN3O4. The maximum absolute atomic E-state index is 12.7. The number of esters is 1. The van der Waals surface area contributed by atoms with E-state index in [0.717, 1.165) is 10.0 Å². The zero-order valence-electron chi connectivity index (χ0n) is 20.1. The van der Waals surface area contributed by atoms with Crippen LogP contribution in [0, 0.1) is 6.92 Å². The molecule has 0 aliphatic carbocycles. The minimum absolute atomic E-state index is 0.281. The van der Waals surface area contributed by atoms with Crippen LogP contribution < -0.4 is 15.5 Å². The number of hydrazone groups is 1. The van der Waals surface area contributed by atoms with Crippen molar-refractivity contribution in [2.45, 2.75) is 6.92 Å². The molecule has 38 heavy (non-hydrogen) atoms. The van der Waals surface area contributed by atoms with Crippen LogP contribution in [0.4, 0.5) is 5.69 Å². The van der Waals surface area contributed by atoms with E-state index >= 15 is 0 Å². The Hall–Kier alpha value is -4.27. The van der Waals surface area contributed by atoms with Crippen molar-refractivity contribution in [3.05, 3.63) is 128 Å². The van der Waals surface area contributed by atoms with Crippen molar-refractivity contribution in [3.8, 4) is 5.75 Å². The summed E-state index contributed by atoms with van der Waals surface area (Å²) in [5.74, 6) is -1.05. The number of anilines is 1. The Balaban J connectivity index is 1.42. The molecule has 2 amide bonds. The standard InChI is InChI=1S/C29H21BrClN3O4/c1-18-5-7-20(8-6-18)29(37)38-26-14-11-23(30)15-22(26)17-32-34-28(36)21-3-2-4-25(16-21)33-27(35)19-9-12-24(31)13-10-19/h2-17H,1H3,(H,33,35)(H,34,36). The highest BCUT2D eigenvalue weighted by atomic mass is 79.9. The molecule has 4 aromatic carbocycles. The molecule has 0 aromatic heterocycles. The molecule has 9 heteroatoms. The van der Waals surface area contributed by atoms with Gasteiger partial charge in [0.25, 0.3) is 11.8 Å². The number of aryl methyl sites for hydroxylation is 1. The number of hydrogen-bond acceptors (Lipinski definition) is 5. The zero-order chi connectivity index (χ0) is 27.1. The molecule has 0 spiro atoms. The normalized spacial score (nSPS) is 10.7. The van der Waals surface area contributed by atoms with Gasteiger partial charge in [-0.2, -0.15) is 5.10 Å². The van der Waals surface area contributed by atoms with Gasteiger partial charge in [0.15, 0.2) is 0 Å². The number of ether oxygens (including phenoxy) is 1. The van der Waals surface area contributed by atoms with Crippen molar-refractivity contribution in [1.82, 2.24) is 5.43 Å². The number of halogens is 2. The van der Waals surface area contributed by atoms with E-state index in [1.807, 2.05) is 19.1 Å². The number of benzene rings is 4. The van der Waals surface area contributed by atoms with Crippen molar-refractivity contribution >= 4 is 57.2 Å². The van der Waals surface area contributed by atoms with Crippen LogP contribution in [0.15, 0.2) is 101 Å². The third kappa shape index (κ3) is 7.15. The topological polar surface area (TPSA) is 96.9 Å². The molecule has 0 atom stereocenters. The fraction of sp³-hybridized carbons (Fsp3) is 0.0345. The molecule has 0 saturated carbocycles. The number of hydrogen-bond donors (Lipinski definition) is 2. The highest BCUT2D eigenvalue weighted by Crippen LogP contribution is 2.23. The van der Waals surface area contributed by atoms with Gasteiger partial charge in [0.05, 0.1) is 11.8 Å². The minimum atomic E-state index is -0.511. The lowest BCUT2D eigenvalue weighted by atomic mass is 10.1. The van der Waals surface area contributed by atoms with Crippen LogP contribution in [0.2, 0.25) is 5.02 Å². The Morgan fingerprint density at radius 1 is 0.842 bits per heavy atom. The van der Waals surface area contributed by atoms with E-state index in [1.54, 1.807) is 72.8 Å². The van der Waals surface area contributed by atoms with E-state index in [0.29, 0.717) is 27.4 Å². The van der Waals surface area contributed by atoms with Crippen molar-refractivity contribution in [2.75, 3.05) is 5.32 Å². The van der Waals surface area contributed by atoms with Crippen LogP contribution in [0.1, 0.15) is 42.2 Å². The number of carbonyl (C=O) groups excluding carboxylic acids is 3. The van der Waals surface area contributed by atoms with Crippen molar-refractivity contribution in [3.63, 3.8) is 0 Å². The van der Waals surface area contributed by atoms with Crippen LogP contribution in [0.3, 0.4) is 0 Å². The van der Waals surface area contributed by atoms with Crippen LogP contribution >= 0.6 is 27.5 Å². The first-order chi connectivity index (χ1) is 18.3. The molecule has 0 heterocycles. The zero-order valence-corrected chi connectivity index (χ0v) is 22.4. The molecular weight excluding hydrogens is 570 g/mol. The molecule has 0 radical (unpaired) electrons. The van der Waals surface area contributed by atoms with Gasteiger partial charge in [0, 0.05) is 31.9 Å². The van der Waals surface area contributed by atoms with Gasteiger partial charge >= 0.3 is 5.97 Å². The molecule has 4 rings (SSSR count). The first-order valence-corrected chi connectivity index (χ1v) is 12.5. The van der Waals surface area contributed by atoms with Gasteiger partial charge in [-0.25, -0.2) is 10.2 Å². The summed E-state index contributed by atoms with van der Waals surface area (Å²) in [5, 5.41) is 7.30. The smallest absolute Gasteiger partial charge is 0.343 e. The third-order valence-electron chi connectivity index (χ3n) is 5.32. The summed E-state index contributed by atoms with van der Waals surface area (Å²) in [6.45, 7) is 1.93. The van der Waals surface area contributed by atoms with Crippen molar-refractivity contribution < 1.29 is 19.1 Å². The Kier molecular flexibility index (Phi) is 8.68. The Morgan fingerprint density at radius 2 is 1.55 bits per heavy atom. The SMILES string of the molecule is Cc1ccc(C(=O)Oc2ccc(Br)cc2C=NNC(=O)c2cccc(NC(=O)c3ccc(Cl)cc3)c2)cc1. The van der Waals surface area contributed by atoms with Gasteiger partial charge < -0.3 is 10.1 Å². The Bertz CT molecular complexity index is 1520. The van der Waals surface area contributed by atoms with E-state index < -0.39 is 11.9 Å². The summed E-state index contributed by atoms with van der Waals surface area (Å²) in [6, 6.07) is 25.0. The van der Waals surface area contributed by atoms with Crippen LogP contribution in [0.5, 0.6) is 5.75 Å². The number of amides is 2. The summed E-state index contributed by atoms with van der Waals surface area (Å²) in [6.07, 6.45) is 1.38. The highest BCUT2D eigenvalue weighted by molar-refractivity contribution is 9.10. The maximum Gasteiger partial charge on any atom is 0.343 e. The van der Waals surface area contributed by atoms with Crippen LogP contribution in [-0.2, 0) is 0 Å². The first kappa shape index (κ1) is 26.8. The predicted octanol–water partition coefficient (Wildman–Crippen LogP) is 6.65. The third-order valence-corrected chi connectivity index (χ3v) is 6.07. The average molecular weight is 591 g/mol. The fourth-order valence-electron chi connectivity index (χ4n) is 3.33. The molecule has 0 fully saturated rings. The number of rotatable bonds is 7. The summed E-state index contributed by atoms with van der Waals surface area (Å²) in [4.78, 5) is 37.7. The van der Waals surface area contributed by atoms with Crippen molar-refractivity contribution in [1.29, 1.82) is 0 Å². The number of nitrogens with zero attached hydrogens (tertiary/aromatic N) is 1. The lowest BCUT2D eigenvalue weighted by Crippen LogP contribution is -2.18. The van der Waals surface area contributed by atoms with Gasteiger partial charge in [-0.15, -0.1) is 0 Å². The van der Waals surface area contributed by atoms with E-state index in [1.165, 1.54) is 12.3 Å². The monoisotopic (exact) mass is 589 g/mol. The summed E-state index contributed by atoms with van der Waals surface area (Å²) >= 11 is 9.26. The van der Waals surface area contributed by atoms with Gasteiger partial charge in [-0.05, 0) is 79.7 Å². The Morgan fingerprint density at radius 3 is 2.29 bits per heavy atom. The molecule has 0 saturated heterocycles. The second-order valence-corrected chi connectivity index (χ2v) is 9.53. The molecule has 0 aliphatic rings. The van der Waals surface area contributed by atoms with Gasteiger partial charge in [0.2, 0.25) is 0 Å². The molecule has 4 aromatic rings.